The molecule has 0 saturated heterocycles. The summed E-state index contributed by atoms with van der Waals surface area (Å²) in [6, 6.07) is 9.40. The van der Waals surface area contributed by atoms with E-state index in [1.807, 2.05) is 34.9 Å². The number of alkyl halides is 1. The van der Waals surface area contributed by atoms with Crippen LogP contribution in [0.25, 0.3) is 11.0 Å². The lowest BCUT2D eigenvalue weighted by Gasteiger charge is -2.05. The number of benzene rings is 1. The van der Waals surface area contributed by atoms with Crippen LogP contribution in [0.5, 0.6) is 0 Å². The maximum Gasteiger partial charge on any atom is 0.125 e. The third-order valence-electron chi connectivity index (χ3n) is 2.80. The van der Waals surface area contributed by atoms with Crippen LogP contribution in [0, 0.1) is 0 Å². The number of rotatable bonds is 3. The summed E-state index contributed by atoms with van der Waals surface area (Å²) >= 11 is 12.0. The molecule has 0 amide bonds. The molecule has 2 aromatic heterocycles. The molecule has 0 unspecified atom stereocenters. The second-order valence-electron chi connectivity index (χ2n) is 3.96. The molecule has 0 aliphatic carbocycles. The van der Waals surface area contributed by atoms with E-state index < -0.39 is 0 Å². The number of hydrogen-bond donors (Lipinski definition) is 0. The molecule has 0 spiro atoms. The largest absolute Gasteiger partial charge is 0.467 e. The zero-order chi connectivity index (χ0) is 12.5. The van der Waals surface area contributed by atoms with E-state index in [4.69, 9.17) is 27.6 Å². The van der Waals surface area contributed by atoms with Gasteiger partial charge in [-0.3, -0.25) is 0 Å². The van der Waals surface area contributed by atoms with Crippen molar-refractivity contribution in [1.82, 2.24) is 9.55 Å². The molecule has 0 radical (unpaired) electrons. The van der Waals surface area contributed by atoms with Crippen molar-refractivity contribution < 1.29 is 4.42 Å². The number of fused-ring (bicyclic) bond motifs is 1. The summed E-state index contributed by atoms with van der Waals surface area (Å²) in [6.45, 7) is 0.603. The maximum absolute atomic E-state index is 6.03. The Morgan fingerprint density at radius 2 is 2.17 bits per heavy atom. The average Bonchev–Trinajstić information content (AvgIpc) is 2.98. The fourth-order valence-electron chi connectivity index (χ4n) is 1.98. The van der Waals surface area contributed by atoms with E-state index in [1.54, 1.807) is 6.26 Å². The van der Waals surface area contributed by atoms with E-state index in [-0.39, 0.29) is 0 Å². The van der Waals surface area contributed by atoms with Crippen LogP contribution in [0.2, 0.25) is 5.02 Å². The van der Waals surface area contributed by atoms with Crippen LogP contribution >= 0.6 is 23.2 Å². The van der Waals surface area contributed by atoms with E-state index in [1.165, 1.54) is 0 Å². The summed E-state index contributed by atoms with van der Waals surface area (Å²) in [5.74, 6) is 2.03. The number of nitrogens with zero attached hydrogens (tertiary/aromatic N) is 2. The van der Waals surface area contributed by atoms with Crippen LogP contribution in [-0.2, 0) is 12.4 Å². The average molecular weight is 281 g/mol. The Labute approximate surface area is 114 Å². The van der Waals surface area contributed by atoms with Crippen LogP contribution in [-0.4, -0.2) is 9.55 Å². The van der Waals surface area contributed by atoms with Gasteiger partial charge in [-0.05, 0) is 30.3 Å². The molecule has 0 aliphatic rings. The van der Waals surface area contributed by atoms with Crippen LogP contribution < -0.4 is 0 Å². The molecule has 0 aliphatic heterocycles. The van der Waals surface area contributed by atoms with E-state index in [0.717, 1.165) is 22.6 Å². The van der Waals surface area contributed by atoms with Gasteiger partial charge in [-0.1, -0.05) is 11.6 Å². The van der Waals surface area contributed by atoms with Crippen molar-refractivity contribution in [1.29, 1.82) is 0 Å². The number of halogens is 2. The van der Waals surface area contributed by atoms with Gasteiger partial charge >= 0.3 is 0 Å². The van der Waals surface area contributed by atoms with Gasteiger partial charge in [0.25, 0.3) is 0 Å². The third-order valence-corrected chi connectivity index (χ3v) is 3.28. The Bertz CT molecular complexity index is 674. The first-order valence-corrected chi connectivity index (χ1v) is 6.42. The molecule has 0 fully saturated rings. The van der Waals surface area contributed by atoms with Crippen molar-refractivity contribution in [3.05, 3.63) is 53.2 Å². The Kier molecular flexibility index (Phi) is 3.02. The minimum absolute atomic E-state index is 0.354. The first-order valence-electron chi connectivity index (χ1n) is 5.51. The Balaban J connectivity index is 2.15. The number of aromatic nitrogens is 2. The molecule has 3 aromatic rings. The quantitative estimate of drug-likeness (QED) is 0.677. The lowest BCUT2D eigenvalue weighted by molar-refractivity contribution is 0.493. The van der Waals surface area contributed by atoms with Gasteiger partial charge < -0.3 is 8.98 Å². The van der Waals surface area contributed by atoms with Crippen molar-refractivity contribution in [3.63, 3.8) is 0 Å². The van der Waals surface area contributed by atoms with E-state index in [0.29, 0.717) is 17.4 Å². The van der Waals surface area contributed by atoms with Gasteiger partial charge in [0.15, 0.2) is 0 Å². The molecular weight excluding hydrogens is 271 g/mol. The monoisotopic (exact) mass is 280 g/mol. The summed E-state index contributed by atoms with van der Waals surface area (Å²) in [7, 11) is 0. The van der Waals surface area contributed by atoms with Crippen LogP contribution in [0.4, 0.5) is 0 Å². The predicted octanol–water partition coefficient (Wildman–Crippen LogP) is 4.07. The first-order chi connectivity index (χ1) is 8.78. The summed E-state index contributed by atoms with van der Waals surface area (Å²) < 4.78 is 7.38. The summed E-state index contributed by atoms with van der Waals surface area (Å²) in [5.41, 5.74) is 1.86. The lowest BCUT2D eigenvalue weighted by atomic mass is 10.3. The minimum atomic E-state index is 0.354. The van der Waals surface area contributed by atoms with Gasteiger partial charge in [-0.15, -0.1) is 11.6 Å². The minimum Gasteiger partial charge on any atom is -0.467 e. The zero-order valence-electron chi connectivity index (χ0n) is 9.44. The van der Waals surface area contributed by atoms with E-state index in [2.05, 4.69) is 4.98 Å². The number of imidazole rings is 1. The molecule has 3 rings (SSSR count). The number of furan rings is 1. The molecule has 92 valence electrons. The molecule has 0 atom stereocenters. The van der Waals surface area contributed by atoms with Gasteiger partial charge in [-0.2, -0.15) is 0 Å². The van der Waals surface area contributed by atoms with Gasteiger partial charge in [0, 0.05) is 5.02 Å². The fourth-order valence-corrected chi connectivity index (χ4v) is 2.35. The van der Waals surface area contributed by atoms with Crippen molar-refractivity contribution >= 4 is 34.2 Å². The molecule has 0 N–H and O–H groups in total. The van der Waals surface area contributed by atoms with E-state index in [9.17, 15) is 0 Å². The standard InChI is InChI=1S/C13H10Cl2N2O/c14-7-13-16-11-4-3-9(15)6-12(11)17(13)8-10-2-1-5-18-10/h1-6H,7-8H2. The number of hydrogen-bond acceptors (Lipinski definition) is 2. The second kappa shape index (κ2) is 4.67. The van der Waals surface area contributed by atoms with Gasteiger partial charge in [0.2, 0.25) is 0 Å². The van der Waals surface area contributed by atoms with Gasteiger partial charge in [0.05, 0.1) is 29.7 Å². The maximum atomic E-state index is 6.03. The molecule has 5 heteroatoms. The molecule has 0 saturated carbocycles. The SMILES string of the molecule is ClCc1nc2ccc(Cl)cc2n1Cc1ccco1. The van der Waals surface area contributed by atoms with Gasteiger partial charge in [0.1, 0.15) is 11.6 Å². The molecule has 3 nitrogen and oxygen atoms in total. The fraction of sp³-hybridized carbons (Fsp3) is 0.154. The predicted molar refractivity (Wildman–Crippen MR) is 72.1 cm³/mol. The van der Waals surface area contributed by atoms with Crippen LogP contribution in [0.1, 0.15) is 11.6 Å². The third kappa shape index (κ3) is 2.00. The van der Waals surface area contributed by atoms with Crippen molar-refractivity contribution in [3.8, 4) is 0 Å². The van der Waals surface area contributed by atoms with Crippen molar-refractivity contribution in [2.24, 2.45) is 0 Å². The highest BCUT2D eigenvalue weighted by Gasteiger charge is 2.11. The zero-order valence-corrected chi connectivity index (χ0v) is 10.9. The summed E-state index contributed by atoms with van der Waals surface area (Å²) in [5, 5.41) is 0.684. The highest BCUT2D eigenvalue weighted by molar-refractivity contribution is 6.31. The van der Waals surface area contributed by atoms with Gasteiger partial charge in [-0.25, -0.2) is 4.98 Å². The van der Waals surface area contributed by atoms with E-state index >= 15 is 0 Å². The van der Waals surface area contributed by atoms with Crippen molar-refractivity contribution in [2.45, 2.75) is 12.4 Å². The molecule has 2 heterocycles. The van der Waals surface area contributed by atoms with Crippen LogP contribution in [0.15, 0.2) is 41.0 Å². The smallest absolute Gasteiger partial charge is 0.125 e. The summed E-state index contributed by atoms with van der Waals surface area (Å²) in [6.07, 6.45) is 1.65. The summed E-state index contributed by atoms with van der Waals surface area (Å²) in [4.78, 5) is 4.48. The highest BCUT2D eigenvalue weighted by atomic mass is 35.5. The Hall–Kier alpha value is -1.45. The molecule has 0 bridgehead atoms. The molecule has 18 heavy (non-hydrogen) atoms. The highest BCUT2D eigenvalue weighted by Crippen LogP contribution is 2.22. The lowest BCUT2D eigenvalue weighted by Crippen LogP contribution is -2.02. The van der Waals surface area contributed by atoms with Crippen LogP contribution in [0.3, 0.4) is 0 Å². The first kappa shape index (κ1) is 11.6. The molecule has 1 aromatic carbocycles. The second-order valence-corrected chi connectivity index (χ2v) is 4.66. The normalized spacial score (nSPS) is 11.2. The Morgan fingerprint density at radius 3 is 2.89 bits per heavy atom. The topological polar surface area (TPSA) is 31.0 Å². The van der Waals surface area contributed by atoms with Crippen molar-refractivity contribution in [2.75, 3.05) is 0 Å². The Morgan fingerprint density at radius 1 is 1.28 bits per heavy atom. The molecular formula is C13H10Cl2N2O.